The highest BCUT2D eigenvalue weighted by atomic mass is 16.2. The van der Waals surface area contributed by atoms with Crippen LogP contribution in [0.25, 0.3) is 5.95 Å². The largest absolute Gasteiger partial charge is 0.325 e. The molecule has 31 heavy (non-hydrogen) atoms. The molecular formula is C21H27N7O3. The van der Waals surface area contributed by atoms with Crippen LogP contribution >= 0.6 is 0 Å². The summed E-state index contributed by atoms with van der Waals surface area (Å²) in [5, 5.41) is 10.1. The third-order valence-corrected chi connectivity index (χ3v) is 5.75. The van der Waals surface area contributed by atoms with Crippen LogP contribution in [0.4, 0.5) is 10.6 Å². The summed E-state index contributed by atoms with van der Waals surface area (Å²) >= 11 is 0. The van der Waals surface area contributed by atoms with Crippen LogP contribution in [0.3, 0.4) is 0 Å². The summed E-state index contributed by atoms with van der Waals surface area (Å²) in [6, 6.07) is 3.26. The molecule has 10 nitrogen and oxygen atoms in total. The summed E-state index contributed by atoms with van der Waals surface area (Å²) in [4.78, 5) is 47.5. The van der Waals surface area contributed by atoms with Crippen molar-refractivity contribution in [2.45, 2.75) is 64.8 Å². The summed E-state index contributed by atoms with van der Waals surface area (Å²) in [5.74, 6) is 0.485. The first-order valence-corrected chi connectivity index (χ1v) is 10.6. The van der Waals surface area contributed by atoms with Crippen molar-refractivity contribution >= 4 is 23.7 Å². The minimum Gasteiger partial charge on any atom is -0.323 e. The number of aromatic nitrogens is 4. The Morgan fingerprint density at radius 1 is 1.10 bits per heavy atom. The van der Waals surface area contributed by atoms with Crippen LogP contribution in [-0.2, 0) is 9.59 Å². The SMILES string of the molecule is Cc1cc(C)nc(-n2nc(C)cc2NC(=O)CCCN2C(=O)NC3(CCCC3)C2=O)n1. The second-order valence-corrected chi connectivity index (χ2v) is 8.36. The van der Waals surface area contributed by atoms with E-state index in [2.05, 4.69) is 25.7 Å². The van der Waals surface area contributed by atoms with Gasteiger partial charge in [-0.25, -0.2) is 14.8 Å². The molecule has 2 N–H and O–H groups in total. The van der Waals surface area contributed by atoms with Gasteiger partial charge in [-0.3, -0.25) is 14.5 Å². The Balaban J connectivity index is 1.37. The first-order chi connectivity index (χ1) is 14.8. The quantitative estimate of drug-likeness (QED) is 0.684. The van der Waals surface area contributed by atoms with E-state index in [9.17, 15) is 14.4 Å². The van der Waals surface area contributed by atoms with E-state index in [1.165, 1.54) is 9.58 Å². The number of urea groups is 1. The van der Waals surface area contributed by atoms with Gasteiger partial charge in [0.05, 0.1) is 5.69 Å². The molecule has 2 aromatic rings. The summed E-state index contributed by atoms with van der Waals surface area (Å²) in [5.41, 5.74) is 1.62. The van der Waals surface area contributed by atoms with Crippen LogP contribution in [-0.4, -0.2) is 54.6 Å². The van der Waals surface area contributed by atoms with E-state index in [1.54, 1.807) is 6.07 Å². The molecule has 1 spiro atoms. The molecule has 4 amide bonds. The Labute approximate surface area is 180 Å². The average Bonchev–Trinajstić information content (AvgIpc) is 3.36. The lowest BCUT2D eigenvalue weighted by Crippen LogP contribution is -2.44. The molecule has 0 atom stereocenters. The number of carbonyl (C=O) groups excluding carboxylic acids is 3. The smallest absolute Gasteiger partial charge is 0.323 e. The van der Waals surface area contributed by atoms with Crippen molar-refractivity contribution in [3.05, 3.63) is 29.2 Å². The number of nitrogens with one attached hydrogen (secondary N) is 2. The van der Waals surface area contributed by atoms with Crippen molar-refractivity contribution in [1.29, 1.82) is 0 Å². The van der Waals surface area contributed by atoms with Gasteiger partial charge in [0.2, 0.25) is 5.91 Å². The molecule has 0 radical (unpaired) electrons. The number of hydrogen-bond acceptors (Lipinski definition) is 6. The lowest BCUT2D eigenvalue weighted by atomic mass is 9.98. The van der Waals surface area contributed by atoms with Crippen LogP contribution in [0.2, 0.25) is 0 Å². The number of imide groups is 1. The van der Waals surface area contributed by atoms with Crippen molar-refractivity contribution in [3.63, 3.8) is 0 Å². The Morgan fingerprint density at radius 2 is 1.77 bits per heavy atom. The number of anilines is 1. The summed E-state index contributed by atoms with van der Waals surface area (Å²) in [6.07, 6.45) is 3.83. The number of rotatable bonds is 6. The van der Waals surface area contributed by atoms with Crippen LogP contribution in [0.1, 0.15) is 55.6 Å². The van der Waals surface area contributed by atoms with Gasteiger partial charge >= 0.3 is 6.03 Å². The number of aryl methyl sites for hydroxylation is 3. The van der Waals surface area contributed by atoms with Crippen molar-refractivity contribution in [1.82, 2.24) is 30.0 Å². The van der Waals surface area contributed by atoms with E-state index in [-0.39, 0.29) is 30.8 Å². The Kier molecular flexibility index (Phi) is 5.47. The fourth-order valence-electron chi connectivity index (χ4n) is 4.34. The fourth-order valence-corrected chi connectivity index (χ4v) is 4.34. The molecule has 1 saturated heterocycles. The van der Waals surface area contributed by atoms with Gasteiger partial charge in [0, 0.05) is 30.4 Å². The van der Waals surface area contributed by atoms with Gasteiger partial charge < -0.3 is 10.6 Å². The molecule has 2 aromatic heterocycles. The molecule has 4 rings (SSSR count). The van der Waals surface area contributed by atoms with Crippen LogP contribution < -0.4 is 10.6 Å². The molecule has 1 aliphatic carbocycles. The van der Waals surface area contributed by atoms with Crippen LogP contribution in [0, 0.1) is 20.8 Å². The van der Waals surface area contributed by atoms with Crippen LogP contribution in [0.5, 0.6) is 0 Å². The summed E-state index contributed by atoms with van der Waals surface area (Å²) in [6.45, 7) is 5.79. The van der Waals surface area contributed by atoms with Gasteiger partial charge in [0.15, 0.2) is 0 Å². The third kappa shape index (κ3) is 4.14. The van der Waals surface area contributed by atoms with Crippen molar-refractivity contribution < 1.29 is 14.4 Å². The highest BCUT2D eigenvalue weighted by Gasteiger charge is 2.52. The highest BCUT2D eigenvalue weighted by molar-refractivity contribution is 6.07. The van der Waals surface area contributed by atoms with E-state index in [4.69, 9.17) is 0 Å². The number of amides is 4. The molecule has 3 heterocycles. The lowest BCUT2D eigenvalue weighted by Gasteiger charge is -2.19. The van der Waals surface area contributed by atoms with Gasteiger partial charge in [0.1, 0.15) is 11.4 Å². The van der Waals surface area contributed by atoms with E-state index in [0.717, 1.165) is 29.9 Å². The first kappa shape index (κ1) is 21.0. The maximum Gasteiger partial charge on any atom is 0.325 e. The zero-order valence-corrected chi connectivity index (χ0v) is 18.1. The standard InChI is InChI=1S/C21H27N7O3/c1-13-11-14(2)23-19(22-13)28-16(12-15(3)26-28)24-17(29)7-6-10-27-18(30)21(25-20(27)31)8-4-5-9-21/h11-12H,4-10H2,1-3H3,(H,24,29)(H,25,31). The monoisotopic (exact) mass is 425 g/mol. The Hall–Kier alpha value is -3.30. The fraction of sp³-hybridized carbons (Fsp3) is 0.524. The molecule has 2 fully saturated rings. The second kappa shape index (κ2) is 8.09. The lowest BCUT2D eigenvalue weighted by molar-refractivity contribution is -0.131. The van der Waals surface area contributed by atoms with Crippen LogP contribution in [0.15, 0.2) is 12.1 Å². The highest BCUT2D eigenvalue weighted by Crippen LogP contribution is 2.35. The second-order valence-electron chi connectivity index (χ2n) is 8.36. The average molecular weight is 425 g/mol. The van der Waals surface area contributed by atoms with Gasteiger partial charge in [-0.15, -0.1) is 0 Å². The summed E-state index contributed by atoms with van der Waals surface area (Å²) < 4.78 is 1.51. The van der Waals surface area contributed by atoms with E-state index >= 15 is 0 Å². The topological polar surface area (TPSA) is 122 Å². The van der Waals surface area contributed by atoms with E-state index in [1.807, 2.05) is 26.8 Å². The van der Waals surface area contributed by atoms with Crippen molar-refractivity contribution in [3.8, 4) is 5.95 Å². The maximum atomic E-state index is 12.7. The number of hydrogen-bond donors (Lipinski definition) is 2. The molecule has 1 saturated carbocycles. The zero-order chi connectivity index (χ0) is 22.2. The molecule has 0 unspecified atom stereocenters. The Morgan fingerprint density at radius 3 is 2.45 bits per heavy atom. The molecular weight excluding hydrogens is 398 g/mol. The molecule has 0 aromatic carbocycles. The number of nitrogens with zero attached hydrogens (tertiary/aromatic N) is 5. The number of carbonyl (C=O) groups is 3. The van der Waals surface area contributed by atoms with Gasteiger partial charge in [-0.1, -0.05) is 12.8 Å². The first-order valence-electron chi connectivity index (χ1n) is 10.6. The van der Waals surface area contributed by atoms with Gasteiger partial charge in [0.25, 0.3) is 11.9 Å². The van der Waals surface area contributed by atoms with Gasteiger partial charge in [-0.2, -0.15) is 9.78 Å². The Bertz CT molecular complexity index is 1020. The van der Waals surface area contributed by atoms with E-state index < -0.39 is 5.54 Å². The maximum absolute atomic E-state index is 12.7. The molecule has 10 heteroatoms. The normalized spacial score (nSPS) is 17.5. The minimum atomic E-state index is -0.713. The molecule has 0 bridgehead atoms. The minimum absolute atomic E-state index is 0.156. The molecule has 1 aliphatic heterocycles. The van der Waals surface area contributed by atoms with E-state index in [0.29, 0.717) is 31.0 Å². The van der Waals surface area contributed by atoms with Gasteiger partial charge in [-0.05, 0) is 46.1 Å². The van der Waals surface area contributed by atoms with Crippen molar-refractivity contribution in [2.24, 2.45) is 0 Å². The summed E-state index contributed by atoms with van der Waals surface area (Å²) in [7, 11) is 0. The predicted molar refractivity (Wildman–Crippen MR) is 113 cm³/mol. The van der Waals surface area contributed by atoms with Crippen molar-refractivity contribution in [2.75, 3.05) is 11.9 Å². The zero-order valence-electron chi connectivity index (χ0n) is 18.1. The molecule has 164 valence electrons. The molecule has 2 aliphatic rings. The third-order valence-electron chi connectivity index (χ3n) is 5.75. The predicted octanol–water partition coefficient (Wildman–Crippen LogP) is 2.17.